The number of alkyl halides is 1. The molecular weight excluding hydrogens is 397 g/mol. The minimum absolute atomic E-state index is 0.0207. The zero-order chi connectivity index (χ0) is 14.7. The highest BCUT2D eigenvalue weighted by atomic mass is 79.9. The van der Waals surface area contributed by atoms with Crippen LogP contribution in [-0.4, -0.2) is 4.92 Å². The maximum atomic E-state index is 13.0. The molecule has 0 aliphatic rings. The molecule has 0 fully saturated rings. The average Bonchev–Trinajstić information content (AvgIpc) is 2.41. The summed E-state index contributed by atoms with van der Waals surface area (Å²) in [7, 11) is 0. The van der Waals surface area contributed by atoms with E-state index in [9.17, 15) is 14.5 Å². The van der Waals surface area contributed by atoms with Gasteiger partial charge >= 0.3 is 0 Å². The van der Waals surface area contributed by atoms with Gasteiger partial charge in [-0.05, 0) is 46.3 Å². The quantitative estimate of drug-likeness (QED) is 0.400. The van der Waals surface area contributed by atoms with Gasteiger partial charge in [-0.1, -0.05) is 15.9 Å². The number of benzene rings is 2. The van der Waals surface area contributed by atoms with E-state index in [1.54, 1.807) is 6.07 Å². The van der Waals surface area contributed by atoms with Crippen molar-refractivity contribution in [1.82, 2.24) is 0 Å². The summed E-state index contributed by atoms with van der Waals surface area (Å²) in [6.45, 7) is 0. The number of nitro groups is 1. The van der Waals surface area contributed by atoms with Crippen LogP contribution in [0.5, 0.6) is 11.5 Å². The van der Waals surface area contributed by atoms with Gasteiger partial charge in [0.25, 0.3) is 5.69 Å². The summed E-state index contributed by atoms with van der Waals surface area (Å²) in [6, 6.07) is 8.49. The molecule has 2 aromatic rings. The maximum absolute atomic E-state index is 13.0. The lowest BCUT2D eigenvalue weighted by Crippen LogP contribution is -1.94. The van der Waals surface area contributed by atoms with Crippen LogP contribution in [-0.2, 0) is 5.33 Å². The van der Waals surface area contributed by atoms with Crippen molar-refractivity contribution < 1.29 is 14.1 Å². The van der Waals surface area contributed by atoms with E-state index in [-0.39, 0.29) is 11.5 Å². The summed E-state index contributed by atoms with van der Waals surface area (Å²) in [5, 5.41) is 11.2. The third-order valence-corrected chi connectivity index (χ3v) is 3.74. The molecule has 0 aromatic heterocycles. The van der Waals surface area contributed by atoms with Crippen LogP contribution in [0.25, 0.3) is 0 Å². The Balaban J connectivity index is 2.32. The Morgan fingerprint density at radius 1 is 1.25 bits per heavy atom. The molecule has 2 rings (SSSR count). The van der Waals surface area contributed by atoms with Gasteiger partial charge in [0.1, 0.15) is 17.3 Å². The molecule has 0 bridgehead atoms. The Labute approximate surface area is 131 Å². The number of nitro benzene ring substituents is 1. The van der Waals surface area contributed by atoms with E-state index in [1.807, 2.05) is 0 Å². The second-order valence-electron chi connectivity index (χ2n) is 3.86. The first-order valence-electron chi connectivity index (χ1n) is 5.47. The molecule has 0 amide bonds. The average molecular weight is 405 g/mol. The fourth-order valence-corrected chi connectivity index (χ4v) is 2.48. The summed E-state index contributed by atoms with van der Waals surface area (Å²) >= 11 is 6.40. The van der Waals surface area contributed by atoms with E-state index in [0.717, 1.165) is 0 Å². The first-order chi connectivity index (χ1) is 9.51. The number of hydrogen-bond acceptors (Lipinski definition) is 3. The van der Waals surface area contributed by atoms with Crippen LogP contribution < -0.4 is 4.74 Å². The molecule has 0 heterocycles. The number of nitrogens with zero attached hydrogens (tertiary/aromatic N) is 1. The van der Waals surface area contributed by atoms with Crippen LogP contribution in [0.3, 0.4) is 0 Å². The van der Waals surface area contributed by atoms with Gasteiger partial charge in [-0.15, -0.1) is 0 Å². The van der Waals surface area contributed by atoms with E-state index in [2.05, 4.69) is 31.9 Å². The van der Waals surface area contributed by atoms with Gasteiger partial charge in [0, 0.05) is 17.0 Å². The zero-order valence-corrected chi connectivity index (χ0v) is 13.1. The summed E-state index contributed by atoms with van der Waals surface area (Å²) in [4.78, 5) is 10.4. The highest BCUT2D eigenvalue weighted by Crippen LogP contribution is 2.33. The van der Waals surface area contributed by atoms with Gasteiger partial charge < -0.3 is 4.74 Å². The third kappa shape index (κ3) is 3.34. The van der Waals surface area contributed by atoms with Gasteiger partial charge in [-0.2, -0.15) is 0 Å². The van der Waals surface area contributed by atoms with Crippen LogP contribution >= 0.6 is 31.9 Å². The van der Waals surface area contributed by atoms with Crippen LogP contribution in [0.2, 0.25) is 0 Å². The fourth-order valence-electron chi connectivity index (χ4n) is 1.60. The molecule has 0 radical (unpaired) electrons. The number of hydrogen-bond donors (Lipinski definition) is 0. The molecule has 20 heavy (non-hydrogen) atoms. The molecule has 0 aliphatic carbocycles. The van der Waals surface area contributed by atoms with Gasteiger partial charge in [0.15, 0.2) is 0 Å². The van der Waals surface area contributed by atoms with E-state index in [4.69, 9.17) is 4.74 Å². The first kappa shape index (κ1) is 14.9. The molecule has 0 atom stereocenters. The number of rotatable bonds is 4. The summed E-state index contributed by atoms with van der Waals surface area (Å²) in [5.41, 5.74) is 0.526. The zero-order valence-electron chi connectivity index (χ0n) is 9.98. The smallest absolute Gasteiger partial charge is 0.273 e. The molecule has 0 spiro atoms. The highest BCUT2D eigenvalue weighted by molar-refractivity contribution is 9.10. The molecule has 0 aliphatic heterocycles. The van der Waals surface area contributed by atoms with Gasteiger partial charge in [-0.25, -0.2) is 4.39 Å². The second-order valence-corrected chi connectivity index (χ2v) is 5.27. The molecule has 0 unspecified atom stereocenters. The van der Waals surface area contributed by atoms with Crippen LogP contribution in [0.1, 0.15) is 5.56 Å². The number of ether oxygens (including phenoxy) is 1. The predicted octanol–water partition coefficient (Wildman–Crippen LogP) is 5.18. The van der Waals surface area contributed by atoms with Crippen molar-refractivity contribution in [3.63, 3.8) is 0 Å². The van der Waals surface area contributed by atoms with Crippen molar-refractivity contribution >= 4 is 37.5 Å². The Morgan fingerprint density at radius 3 is 2.60 bits per heavy atom. The molecule has 0 N–H and O–H groups in total. The monoisotopic (exact) mass is 403 g/mol. The normalized spacial score (nSPS) is 10.3. The lowest BCUT2D eigenvalue weighted by atomic mass is 10.2. The lowest BCUT2D eigenvalue weighted by molar-refractivity contribution is -0.385. The Kier molecular flexibility index (Phi) is 4.72. The van der Waals surface area contributed by atoms with E-state index in [1.165, 1.54) is 30.3 Å². The summed E-state index contributed by atoms with van der Waals surface area (Å²) in [6.07, 6.45) is 0. The van der Waals surface area contributed by atoms with Crippen molar-refractivity contribution in [3.8, 4) is 11.5 Å². The van der Waals surface area contributed by atoms with E-state index < -0.39 is 4.92 Å². The molecule has 2 aromatic carbocycles. The minimum atomic E-state index is -0.450. The predicted molar refractivity (Wildman–Crippen MR) is 79.9 cm³/mol. The Morgan fingerprint density at radius 2 is 2.00 bits per heavy atom. The maximum Gasteiger partial charge on any atom is 0.273 e. The van der Waals surface area contributed by atoms with Crippen molar-refractivity contribution in [3.05, 3.63) is 62.4 Å². The Bertz CT molecular complexity index is 664. The second kappa shape index (κ2) is 6.32. The largest absolute Gasteiger partial charge is 0.456 e. The molecule has 0 saturated heterocycles. The highest BCUT2D eigenvalue weighted by Gasteiger charge is 2.14. The van der Waals surface area contributed by atoms with Crippen molar-refractivity contribution in [1.29, 1.82) is 0 Å². The first-order valence-corrected chi connectivity index (χ1v) is 7.39. The Hall–Kier alpha value is -1.47. The molecule has 0 saturated carbocycles. The molecule has 104 valence electrons. The topological polar surface area (TPSA) is 52.4 Å². The molecule has 7 heteroatoms. The van der Waals surface area contributed by atoms with E-state index >= 15 is 0 Å². The molecule has 4 nitrogen and oxygen atoms in total. The summed E-state index contributed by atoms with van der Waals surface area (Å²) < 4.78 is 19.0. The molecular formula is C13H8Br2FNO3. The minimum Gasteiger partial charge on any atom is -0.456 e. The fraction of sp³-hybridized carbons (Fsp3) is 0.0769. The van der Waals surface area contributed by atoms with Crippen molar-refractivity contribution in [2.45, 2.75) is 5.33 Å². The summed E-state index contributed by atoms with van der Waals surface area (Å²) in [5.74, 6) is 0.493. The van der Waals surface area contributed by atoms with E-state index in [0.29, 0.717) is 26.9 Å². The van der Waals surface area contributed by atoms with Crippen LogP contribution in [0.4, 0.5) is 10.1 Å². The van der Waals surface area contributed by atoms with Gasteiger partial charge in [-0.3, -0.25) is 10.1 Å². The lowest BCUT2D eigenvalue weighted by Gasteiger charge is -2.09. The van der Waals surface area contributed by atoms with Gasteiger partial charge in [0.2, 0.25) is 0 Å². The van der Waals surface area contributed by atoms with Gasteiger partial charge in [0.05, 0.1) is 9.40 Å². The van der Waals surface area contributed by atoms with Crippen LogP contribution in [0.15, 0.2) is 40.9 Å². The standard InChI is InChI=1S/C13H8Br2FNO3/c14-7-8-5-10(2-3-12(8)17(18)19)20-13-4-1-9(16)6-11(13)15/h1-6H,7H2. The van der Waals surface area contributed by atoms with Crippen molar-refractivity contribution in [2.24, 2.45) is 0 Å². The van der Waals surface area contributed by atoms with Crippen LogP contribution in [0, 0.1) is 15.9 Å². The SMILES string of the molecule is O=[N+]([O-])c1ccc(Oc2ccc(F)cc2Br)cc1CBr. The third-order valence-electron chi connectivity index (χ3n) is 2.51. The van der Waals surface area contributed by atoms with Crippen molar-refractivity contribution in [2.75, 3.05) is 0 Å². The number of halogens is 3.